The average Bonchev–Trinajstić information content (AvgIpc) is 2.52. The van der Waals surface area contributed by atoms with Crippen LogP contribution in [0.3, 0.4) is 0 Å². The van der Waals surface area contributed by atoms with Gasteiger partial charge in [0.1, 0.15) is 0 Å². The SMILES string of the molecule is N#Cc1ccc(CCC(=S)NCC2=CC=CCC2)cc1. The lowest BCUT2D eigenvalue weighted by Crippen LogP contribution is -2.24. The van der Waals surface area contributed by atoms with Gasteiger partial charge in [0.25, 0.3) is 0 Å². The fourth-order valence-corrected chi connectivity index (χ4v) is 2.28. The maximum absolute atomic E-state index is 8.75. The van der Waals surface area contributed by atoms with E-state index in [1.807, 2.05) is 24.3 Å². The third-order valence-corrected chi connectivity index (χ3v) is 3.68. The van der Waals surface area contributed by atoms with E-state index in [0.29, 0.717) is 5.56 Å². The Morgan fingerprint density at radius 2 is 2.10 bits per heavy atom. The molecule has 3 heteroatoms. The third kappa shape index (κ3) is 4.64. The molecule has 0 heterocycles. The largest absolute Gasteiger partial charge is 0.376 e. The van der Waals surface area contributed by atoms with E-state index in [-0.39, 0.29) is 0 Å². The predicted octanol–water partition coefficient (Wildman–Crippen LogP) is 3.68. The van der Waals surface area contributed by atoms with Crippen molar-refractivity contribution in [3.63, 3.8) is 0 Å². The molecule has 1 aromatic carbocycles. The van der Waals surface area contributed by atoms with E-state index < -0.39 is 0 Å². The van der Waals surface area contributed by atoms with E-state index in [2.05, 4.69) is 29.6 Å². The van der Waals surface area contributed by atoms with Crippen molar-refractivity contribution >= 4 is 17.2 Å². The zero-order valence-electron chi connectivity index (χ0n) is 11.4. The standard InChI is InChI=1S/C17H18N2S/c18-12-15-8-6-14(7-9-15)10-11-17(20)19-13-16-4-2-1-3-5-16/h1-2,4,6-9H,3,5,10-11,13H2,(H,19,20). The Morgan fingerprint density at radius 1 is 1.30 bits per heavy atom. The summed E-state index contributed by atoms with van der Waals surface area (Å²) in [6, 6.07) is 9.82. The summed E-state index contributed by atoms with van der Waals surface area (Å²) in [7, 11) is 0. The summed E-state index contributed by atoms with van der Waals surface area (Å²) in [4.78, 5) is 0.907. The first kappa shape index (κ1) is 14.5. The molecule has 0 radical (unpaired) electrons. The van der Waals surface area contributed by atoms with Crippen LogP contribution >= 0.6 is 12.2 Å². The van der Waals surface area contributed by atoms with Crippen molar-refractivity contribution < 1.29 is 0 Å². The number of nitrogens with zero attached hydrogens (tertiary/aromatic N) is 1. The molecule has 1 aromatic rings. The zero-order chi connectivity index (χ0) is 14.2. The Morgan fingerprint density at radius 3 is 2.75 bits per heavy atom. The molecule has 0 saturated heterocycles. The van der Waals surface area contributed by atoms with Crippen LogP contribution in [0.1, 0.15) is 30.4 Å². The molecule has 2 nitrogen and oxygen atoms in total. The molecule has 0 saturated carbocycles. The first-order chi connectivity index (χ1) is 9.78. The van der Waals surface area contributed by atoms with Crippen LogP contribution in [0.2, 0.25) is 0 Å². The van der Waals surface area contributed by atoms with Crippen LogP contribution in [0.25, 0.3) is 0 Å². The molecule has 1 aliphatic rings. The molecule has 0 unspecified atom stereocenters. The minimum Gasteiger partial charge on any atom is -0.376 e. The van der Waals surface area contributed by atoms with Gasteiger partial charge in [-0.25, -0.2) is 0 Å². The van der Waals surface area contributed by atoms with Gasteiger partial charge >= 0.3 is 0 Å². The van der Waals surface area contributed by atoms with Crippen LogP contribution in [0.15, 0.2) is 48.1 Å². The van der Waals surface area contributed by atoms with Gasteiger partial charge in [-0.3, -0.25) is 0 Å². The van der Waals surface area contributed by atoms with Crippen LogP contribution in [0, 0.1) is 11.3 Å². The number of nitrogens with one attached hydrogen (secondary N) is 1. The molecule has 0 bridgehead atoms. The van der Waals surface area contributed by atoms with Crippen LogP contribution in [0.4, 0.5) is 0 Å². The molecule has 20 heavy (non-hydrogen) atoms. The molecule has 102 valence electrons. The molecule has 0 atom stereocenters. The molecular weight excluding hydrogens is 264 g/mol. The molecule has 0 spiro atoms. The minimum absolute atomic E-state index is 0.701. The second kappa shape index (κ2) is 7.62. The zero-order valence-corrected chi connectivity index (χ0v) is 12.2. The Balaban J connectivity index is 1.73. The van der Waals surface area contributed by atoms with Crippen molar-refractivity contribution in [3.05, 3.63) is 59.2 Å². The molecule has 1 N–H and O–H groups in total. The average molecular weight is 282 g/mol. The molecule has 0 amide bonds. The van der Waals surface area contributed by atoms with Crippen LogP contribution in [-0.4, -0.2) is 11.5 Å². The van der Waals surface area contributed by atoms with Gasteiger partial charge in [-0.15, -0.1) is 0 Å². The normalized spacial score (nSPS) is 13.4. The Labute approximate surface area is 125 Å². The van der Waals surface area contributed by atoms with Gasteiger partial charge in [0.15, 0.2) is 0 Å². The van der Waals surface area contributed by atoms with E-state index >= 15 is 0 Å². The lowest BCUT2D eigenvalue weighted by atomic mass is 10.1. The quantitative estimate of drug-likeness (QED) is 0.837. The van der Waals surface area contributed by atoms with Gasteiger partial charge in [-0.05, 0) is 37.0 Å². The first-order valence-electron chi connectivity index (χ1n) is 6.88. The highest BCUT2D eigenvalue weighted by Gasteiger charge is 2.02. The second-order valence-corrected chi connectivity index (χ2v) is 5.37. The summed E-state index contributed by atoms with van der Waals surface area (Å²) in [5, 5.41) is 12.1. The van der Waals surface area contributed by atoms with Crippen molar-refractivity contribution in [2.24, 2.45) is 0 Å². The number of hydrogen-bond donors (Lipinski definition) is 1. The summed E-state index contributed by atoms with van der Waals surface area (Å²) in [6.45, 7) is 0.858. The van der Waals surface area contributed by atoms with Crippen LogP contribution in [0.5, 0.6) is 0 Å². The van der Waals surface area contributed by atoms with Crippen molar-refractivity contribution in [2.45, 2.75) is 25.7 Å². The van der Waals surface area contributed by atoms with Gasteiger partial charge < -0.3 is 5.32 Å². The van der Waals surface area contributed by atoms with E-state index in [1.54, 1.807) is 0 Å². The fraction of sp³-hybridized carbons (Fsp3) is 0.294. The highest BCUT2D eigenvalue weighted by molar-refractivity contribution is 7.80. The fourth-order valence-electron chi connectivity index (χ4n) is 2.10. The summed E-state index contributed by atoms with van der Waals surface area (Å²) in [5.41, 5.74) is 3.33. The summed E-state index contributed by atoms with van der Waals surface area (Å²) >= 11 is 5.36. The van der Waals surface area contributed by atoms with Gasteiger partial charge in [0.05, 0.1) is 16.6 Å². The van der Waals surface area contributed by atoms with E-state index in [0.717, 1.165) is 37.2 Å². The van der Waals surface area contributed by atoms with E-state index in [1.165, 1.54) is 11.1 Å². The first-order valence-corrected chi connectivity index (χ1v) is 7.29. The van der Waals surface area contributed by atoms with Gasteiger partial charge in [0.2, 0.25) is 0 Å². The highest BCUT2D eigenvalue weighted by atomic mass is 32.1. The second-order valence-electron chi connectivity index (χ2n) is 4.88. The lowest BCUT2D eigenvalue weighted by Gasteiger charge is -2.12. The highest BCUT2D eigenvalue weighted by Crippen LogP contribution is 2.11. The molecule has 1 aliphatic carbocycles. The maximum Gasteiger partial charge on any atom is 0.0991 e. The Bertz CT molecular complexity index is 562. The molecule has 0 aliphatic heterocycles. The van der Waals surface area contributed by atoms with E-state index in [9.17, 15) is 0 Å². The van der Waals surface area contributed by atoms with Gasteiger partial charge in [-0.1, -0.05) is 48.2 Å². The third-order valence-electron chi connectivity index (χ3n) is 3.34. The minimum atomic E-state index is 0.701. The van der Waals surface area contributed by atoms with Crippen molar-refractivity contribution in [3.8, 4) is 6.07 Å². The summed E-state index contributed by atoms with van der Waals surface area (Å²) in [5.74, 6) is 0. The van der Waals surface area contributed by atoms with Crippen molar-refractivity contribution in [1.82, 2.24) is 5.32 Å². The molecule has 0 fully saturated rings. The monoisotopic (exact) mass is 282 g/mol. The number of thiocarbonyl (C=S) groups is 1. The van der Waals surface area contributed by atoms with Crippen molar-refractivity contribution in [2.75, 3.05) is 6.54 Å². The molecule has 2 rings (SSSR count). The Kier molecular flexibility index (Phi) is 5.52. The maximum atomic E-state index is 8.75. The number of rotatable bonds is 5. The van der Waals surface area contributed by atoms with E-state index in [4.69, 9.17) is 17.5 Å². The number of aryl methyl sites for hydroxylation is 1. The number of benzene rings is 1. The van der Waals surface area contributed by atoms with Crippen LogP contribution < -0.4 is 5.32 Å². The van der Waals surface area contributed by atoms with Gasteiger partial charge in [0, 0.05) is 13.0 Å². The number of nitriles is 1. The topological polar surface area (TPSA) is 35.8 Å². The van der Waals surface area contributed by atoms with Crippen LogP contribution in [-0.2, 0) is 6.42 Å². The lowest BCUT2D eigenvalue weighted by molar-refractivity contribution is 0.857. The smallest absolute Gasteiger partial charge is 0.0991 e. The predicted molar refractivity (Wildman–Crippen MR) is 86.5 cm³/mol. The molecule has 0 aromatic heterocycles. The van der Waals surface area contributed by atoms with Gasteiger partial charge in [-0.2, -0.15) is 5.26 Å². The van der Waals surface area contributed by atoms with Crippen molar-refractivity contribution in [1.29, 1.82) is 5.26 Å². The summed E-state index contributed by atoms with van der Waals surface area (Å²) in [6.07, 6.45) is 10.5. The summed E-state index contributed by atoms with van der Waals surface area (Å²) < 4.78 is 0. The number of allylic oxidation sites excluding steroid dienone is 3. The Hall–Kier alpha value is -1.92. The number of hydrogen-bond acceptors (Lipinski definition) is 2. The molecular formula is C17H18N2S.